The molecule has 7 nitrogen and oxygen atoms in total. The Morgan fingerprint density at radius 3 is 2.68 bits per heavy atom. The predicted octanol–water partition coefficient (Wildman–Crippen LogP) is 1.72. The molecular weight excluding hydrogens is 266 g/mol. The lowest BCUT2D eigenvalue weighted by Crippen LogP contribution is -2.28. The minimum Gasteiger partial charge on any atom is -0.297 e. The van der Waals surface area contributed by atoms with Gasteiger partial charge in [0, 0.05) is 20.0 Å². The van der Waals surface area contributed by atoms with Crippen LogP contribution in [-0.4, -0.2) is 56.7 Å². The van der Waals surface area contributed by atoms with Crippen molar-refractivity contribution in [2.75, 3.05) is 25.8 Å². The van der Waals surface area contributed by atoms with Gasteiger partial charge in [-0.1, -0.05) is 5.16 Å². The minimum absolute atomic E-state index is 0.428. The molecule has 0 spiro atoms. The molecule has 0 aromatic carbocycles. The third kappa shape index (κ3) is 5.29. The Kier molecular flexibility index (Phi) is 5.34. The van der Waals surface area contributed by atoms with Gasteiger partial charge in [0.15, 0.2) is 0 Å². The van der Waals surface area contributed by atoms with E-state index in [0.29, 0.717) is 13.0 Å². The molecule has 0 bridgehead atoms. The first-order chi connectivity index (χ1) is 8.80. The summed E-state index contributed by atoms with van der Waals surface area (Å²) in [6, 6.07) is 0. The summed E-state index contributed by atoms with van der Waals surface area (Å²) in [5.74, 6) is 0. The van der Waals surface area contributed by atoms with Crippen LogP contribution in [0.1, 0.15) is 13.3 Å². The molecule has 0 aliphatic rings. The number of carbonyl (C=O) groups is 1. The van der Waals surface area contributed by atoms with Crippen LogP contribution in [0, 0.1) is 0 Å². The number of hydrogen-bond acceptors (Lipinski definition) is 5. The fourth-order valence-corrected chi connectivity index (χ4v) is 1.55. The van der Waals surface area contributed by atoms with E-state index in [1.54, 1.807) is 22.4 Å². The first kappa shape index (κ1) is 15.5. The van der Waals surface area contributed by atoms with Crippen molar-refractivity contribution in [3.05, 3.63) is 12.7 Å². The zero-order chi connectivity index (χ0) is 14.5. The van der Waals surface area contributed by atoms with Gasteiger partial charge in [0.05, 0.1) is 5.71 Å². The maximum atomic E-state index is 11.7. The van der Waals surface area contributed by atoms with Crippen molar-refractivity contribution >= 4 is 22.0 Å². The molecule has 0 atom stereocenters. The first-order valence-corrected chi connectivity index (χ1v) is 8.61. The van der Waals surface area contributed by atoms with Crippen molar-refractivity contribution < 1.29 is 9.63 Å². The lowest BCUT2D eigenvalue weighted by Gasteiger charge is -2.35. The molecule has 0 saturated heterocycles. The van der Waals surface area contributed by atoms with Gasteiger partial charge in [-0.2, -0.15) is 15.3 Å². The van der Waals surface area contributed by atoms with Crippen LogP contribution < -0.4 is 0 Å². The fourth-order valence-electron chi connectivity index (χ4n) is 1.07. The largest absolute Gasteiger partial charge is 0.444 e. The number of hydrogen-bond donors (Lipinski definition) is 0. The number of aromatic nitrogens is 3. The summed E-state index contributed by atoms with van der Waals surface area (Å²) in [6.07, 6.45) is 9.37. The van der Waals surface area contributed by atoms with Gasteiger partial charge in [0.2, 0.25) is 0 Å². The van der Waals surface area contributed by atoms with Gasteiger partial charge >= 0.3 is 6.09 Å². The smallest absolute Gasteiger partial charge is 0.297 e. The topological polar surface area (TPSA) is 72.6 Å². The van der Waals surface area contributed by atoms with E-state index in [2.05, 4.69) is 15.2 Å². The lowest BCUT2D eigenvalue weighted by molar-refractivity contribution is 0.136. The Hall–Kier alpha value is -1.57. The molecule has 1 heterocycles. The Balaban J connectivity index is 2.41. The van der Waals surface area contributed by atoms with Crippen LogP contribution in [-0.2, 0) is 11.4 Å². The van der Waals surface area contributed by atoms with E-state index < -0.39 is 16.3 Å². The maximum absolute atomic E-state index is 11.7. The van der Waals surface area contributed by atoms with Gasteiger partial charge in [-0.25, -0.2) is 9.78 Å². The van der Waals surface area contributed by atoms with E-state index in [1.807, 2.05) is 25.7 Å². The fraction of sp³-hybridized carbons (Fsp3) is 0.636. The summed E-state index contributed by atoms with van der Waals surface area (Å²) >= 11 is 0. The third-order valence-electron chi connectivity index (χ3n) is 2.53. The molecule has 0 fully saturated rings. The van der Waals surface area contributed by atoms with Crippen molar-refractivity contribution in [3.63, 3.8) is 0 Å². The lowest BCUT2D eigenvalue weighted by atomic mass is 10.3. The summed E-state index contributed by atoms with van der Waals surface area (Å²) in [5, 5.41) is 7.82. The zero-order valence-corrected chi connectivity index (χ0v) is 12.8. The van der Waals surface area contributed by atoms with Crippen molar-refractivity contribution in [2.24, 2.45) is 5.16 Å². The SMILES string of the molecule is C/C(CCn1cncn1)=N\OC(=O)N(C)S(C)(C)C. The number of rotatable bonds is 5. The molecule has 1 rings (SSSR count). The highest BCUT2D eigenvalue weighted by Gasteiger charge is 2.19. The van der Waals surface area contributed by atoms with Crippen LogP contribution in [0.2, 0.25) is 0 Å². The molecule has 0 saturated carbocycles. The highest BCUT2D eigenvalue weighted by Crippen LogP contribution is 2.38. The summed E-state index contributed by atoms with van der Waals surface area (Å²) in [6.45, 7) is 2.47. The molecule has 8 heteroatoms. The predicted molar refractivity (Wildman–Crippen MR) is 77.4 cm³/mol. The van der Waals surface area contributed by atoms with E-state index in [1.165, 1.54) is 6.33 Å². The molecule has 0 N–H and O–H groups in total. The first-order valence-electron chi connectivity index (χ1n) is 5.80. The molecule has 1 amide bonds. The van der Waals surface area contributed by atoms with Crippen LogP contribution >= 0.6 is 10.2 Å². The normalized spacial score (nSPS) is 13.2. The second-order valence-electron chi connectivity index (χ2n) is 4.86. The van der Waals surface area contributed by atoms with Crippen LogP contribution in [0.4, 0.5) is 4.79 Å². The summed E-state index contributed by atoms with van der Waals surface area (Å²) in [7, 11) is 0.590. The number of aryl methyl sites for hydroxylation is 1. The van der Waals surface area contributed by atoms with Crippen LogP contribution in [0.5, 0.6) is 0 Å². The molecule has 1 aromatic rings. The molecule has 108 valence electrons. The van der Waals surface area contributed by atoms with Gasteiger partial charge in [-0.15, -0.1) is 0 Å². The standard InChI is InChI=1S/C11H21N5O2S/c1-10(6-7-16-9-12-8-13-16)14-18-11(17)15(2)19(3,4)5/h8-9H,6-7H2,1-5H3/b14-10+. The van der Waals surface area contributed by atoms with Crippen LogP contribution in [0.3, 0.4) is 0 Å². The molecular formula is C11H21N5O2S. The zero-order valence-electron chi connectivity index (χ0n) is 12.0. The number of amides is 1. The van der Waals surface area contributed by atoms with E-state index in [-0.39, 0.29) is 0 Å². The monoisotopic (exact) mass is 287 g/mol. The highest BCUT2D eigenvalue weighted by molar-refractivity contribution is 8.30. The average Bonchev–Trinajstić information content (AvgIpc) is 2.84. The van der Waals surface area contributed by atoms with Gasteiger partial charge in [-0.05, 0) is 25.7 Å². The van der Waals surface area contributed by atoms with Crippen molar-refractivity contribution in [2.45, 2.75) is 19.9 Å². The Bertz CT molecular complexity index is 438. The molecule has 0 aliphatic heterocycles. The summed E-state index contributed by atoms with van der Waals surface area (Å²) in [4.78, 5) is 20.5. The number of oxime groups is 1. The van der Waals surface area contributed by atoms with Gasteiger partial charge in [0.1, 0.15) is 12.7 Å². The van der Waals surface area contributed by atoms with Crippen molar-refractivity contribution in [3.8, 4) is 0 Å². The van der Waals surface area contributed by atoms with E-state index in [4.69, 9.17) is 4.84 Å². The Labute approximate surface area is 115 Å². The second kappa shape index (κ2) is 6.55. The Morgan fingerprint density at radius 2 is 2.16 bits per heavy atom. The van der Waals surface area contributed by atoms with Crippen LogP contribution in [0.15, 0.2) is 17.8 Å². The number of nitrogens with zero attached hydrogens (tertiary/aromatic N) is 5. The maximum Gasteiger partial charge on any atom is 0.444 e. The highest BCUT2D eigenvalue weighted by atomic mass is 32.3. The molecule has 19 heavy (non-hydrogen) atoms. The van der Waals surface area contributed by atoms with Crippen molar-refractivity contribution in [1.82, 2.24) is 19.1 Å². The quantitative estimate of drug-likeness (QED) is 0.469. The second-order valence-corrected chi connectivity index (χ2v) is 8.95. The third-order valence-corrected chi connectivity index (χ3v) is 4.32. The number of carbonyl (C=O) groups excluding carboxylic acids is 1. The summed E-state index contributed by atoms with van der Waals surface area (Å²) in [5.41, 5.74) is 0.737. The molecule has 0 aliphatic carbocycles. The summed E-state index contributed by atoms with van der Waals surface area (Å²) < 4.78 is 3.29. The molecule has 1 aromatic heterocycles. The van der Waals surface area contributed by atoms with Crippen LogP contribution in [0.25, 0.3) is 0 Å². The van der Waals surface area contributed by atoms with Gasteiger partial charge < -0.3 is 0 Å². The van der Waals surface area contributed by atoms with E-state index in [0.717, 1.165) is 5.71 Å². The Morgan fingerprint density at radius 1 is 1.47 bits per heavy atom. The average molecular weight is 287 g/mol. The van der Waals surface area contributed by atoms with E-state index in [9.17, 15) is 4.79 Å². The van der Waals surface area contributed by atoms with Crippen molar-refractivity contribution in [1.29, 1.82) is 0 Å². The van der Waals surface area contributed by atoms with E-state index >= 15 is 0 Å². The molecule has 0 unspecified atom stereocenters. The minimum atomic E-state index is -1.13. The van der Waals surface area contributed by atoms with Gasteiger partial charge in [0.25, 0.3) is 0 Å². The molecule has 0 radical (unpaired) electrons. The van der Waals surface area contributed by atoms with Gasteiger partial charge in [-0.3, -0.25) is 13.8 Å².